The first-order valence-corrected chi connectivity index (χ1v) is 4.32. The van der Waals surface area contributed by atoms with Crippen molar-refractivity contribution >= 4 is 0 Å². The molecule has 0 radical (unpaired) electrons. The molecule has 0 aliphatic carbocycles. The van der Waals surface area contributed by atoms with Crippen molar-refractivity contribution in [3.63, 3.8) is 0 Å². The van der Waals surface area contributed by atoms with Gasteiger partial charge >= 0.3 is 0 Å². The number of nitriles is 1. The molecule has 3 nitrogen and oxygen atoms in total. The van der Waals surface area contributed by atoms with Gasteiger partial charge in [0.15, 0.2) is 0 Å². The zero-order valence-corrected chi connectivity index (χ0v) is 8.63. The van der Waals surface area contributed by atoms with Crippen molar-refractivity contribution in [2.75, 3.05) is 14.2 Å². The number of methoxy groups -OCH3 is 2. The van der Waals surface area contributed by atoms with E-state index in [1.165, 1.54) is 0 Å². The normalized spacial score (nSPS) is 9.29. The third-order valence-electron chi connectivity index (χ3n) is 2.13. The average Bonchev–Trinajstić information content (AvgIpc) is 2.19. The Morgan fingerprint density at radius 2 is 2.00 bits per heavy atom. The van der Waals surface area contributed by atoms with Gasteiger partial charge < -0.3 is 9.47 Å². The molecule has 74 valence electrons. The fourth-order valence-electron chi connectivity index (χ4n) is 1.46. The maximum absolute atomic E-state index is 8.62. The van der Waals surface area contributed by atoms with Gasteiger partial charge in [0.2, 0.25) is 0 Å². The molecule has 0 aliphatic heterocycles. The molecule has 0 spiro atoms. The molecule has 1 aromatic rings. The summed E-state index contributed by atoms with van der Waals surface area (Å²) >= 11 is 0. The van der Waals surface area contributed by atoms with Gasteiger partial charge in [-0.1, -0.05) is 6.07 Å². The zero-order chi connectivity index (χ0) is 10.6. The number of hydrogen-bond acceptors (Lipinski definition) is 3. The van der Waals surface area contributed by atoms with Crippen molar-refractivity contribution in [3.8, 4) is 17.6 Å². The predicted octanol–water partition coefficient (Wildman–Crippen LogP) is 2.08. The van der Waals surface area contributed by atoms with Crippen LogP contribution in [0.1, 0.15) is 11.1 Å². The smallest absolute Gasteiger partial charge is 0.129 e. The molecule has 0 fully saturated rings. The van der Waals surface area contributed by atoms with E-state index in [1.807, 2.05) is 19.1 Å². The Balaban J connectivity index is 3.22. The van der Waals surface area contributed by atoms with Gasteiger partial charge in [-0.25, -0.2) is 0 Å². The molecule has 3 heteroatoms. The lowest BCUT2D eigenvalue weighted by atomic mass is 10.1. The molecule has 0 heterocycles. The molecule has 0 unspecified atom stereocenters. The van der Waals surface area contributed by atoms with Gasteiger partial charge in [0.1, 0.15) is 11.5 Å². The lowest BCUT2D eigenvalue weighted by Crippen LogP contribution is -1.96. The van der Waals surface area contributed by atoms with Crippen molar-refractivity contribution in [1.29, 1.82) is 5.26 Å². The maximum Gasteiger partial charge on any atom is 0.129 e. The summed E-state index contributed by atoms with van der Waals surface area (Å²) in [4.78, 5) is 0. The largest absolute Gasteiger partial charge is 0.496 e. The van der Waals surface area contributed by atoms with E-state index in [0.29, 0.717) is 6.42 Å². The Morgan fingerprint density at radius 1 is 1.29 bits per heavy atom. The number of ether oxygens (including phenoxy) is 2. The van der Waals surface area contributed by atoms with Crippen molar-refractivity contribution in [2.24, 2.45) is 0 Å². The summed E-state index contributed by atoms with van der Waals surface area (Å²) in [5, 5.41) is 8.62. The summed E-state index contributed by atoms with van der Waals surface area (Å²) in [5.74, 6) is 1.52. The fourth-order valence-corrected chi connectivity index (χ4v) is 1.46. The van der Waals surface area contributed by atoms with Crippen LogP contribution < -0.4 is 9.47 Å². The first kappa shape index (κ1) is 10.4. The maximum atomic E-state index is 8.62. The van der Waals surface area contributed by atoms with E-state index in [4.69, 9.17) is 14.7 Å². The van der Waals surface area contributed by atoms with Crippen LogP contribution in [0.25, 0.3) is 0 Å². The predicted molar refractivity (Wildman–Crippen MR) is 53.6 cm³/mol. The Labute approximate surface area is 83.9 Å². The lowest BCUT2D eigenvalue weighted by Gasteiger charge is -2.12. The molecule has 0 amide bonds. The topological polar surface area (TPSA) is 42.2 Å². The summed E-state index contributed by atoms with van der Waals surface area (Å²) in [6.07, 6.45) is 0.355. The van der Waals surface area contributed by atoms with Gasteiger partial charge in [-0.15, -0.1) is 0 Å². The quantitative estimate of drug-likeness (QED) is 0.734. The molecule has 0 atom stereocenters. The highest BCUT2D eigenvalue weighted by molar-refractivity contribution is 5.50. The molecule has 0 saturated carbocycles. The van der Waals surface area contributed by atoms with Crippen LogP contribution >= 0.6 is 0 Å². The molecule has 0 N–H and O–H groups in total. The molecule has 1 aromatic carbocycles. The minimum Gasteiger partial charge on any atom is -0.496 e. The Morgan fingerprint density at radius 3 is 2.50 bits per heavy atom. The van der Waals surface area contributed by atoms with Crippen LogP contribution in [0.5, 0.6) is 11.5 Å². The Bertz CT molecular complexity index is 366. The highest BCUT2D eigenvalue weighted by Gasteiger charge is 2.10. The van der Waals surface area contributed by atoms with Crippen molar-refractivity contribution in [2.45, 2.75) is 13.3 Å². The van der Waals surface area contributed by atoms with Gasteiger partial charge in [-0.2, -0.15) is 5.26 Å². The second-order valence-corrected chi connectivity index (χ2v) is 2.92. The lowest BCUT2D eigenvalue weighted by molar-refractivity contribution is 0.386. The van der Waals surface area contributed by atoms with Crippen molar-refractivity contribution < 1.29 is 9.47 Å². The first-order valence-electron chi connectivity index (χ1n) is 4.32. The van der Waals surface area contributed by atoms with Crippen LogP contribution in [0.2, 0.25) is 0 Å². The van der Waals surface area contributed by atoms with E-state index in [-0.39, 0.29) is 0 Å². The molecule has 0 aliphatic rings. The summed E-state index contributed by atoms with van der Waals surface area (Å²) in [7, 11) is 3.22. The summed E-state index contributed by atoms with van der Waals surface area (Å²) < 4.78 is 10.4. The third kappa shape index (κ3) is 1.80. The molecular weight excluding hydrogens is 178 g/mol. The highest BCUT2D eigenvalue weighted by atomic mass is 16.5. The first-order chi connectivity index (χ1) is 6.74. The molecule has 0 aromatic heterocycles. The van der Waals surface area contributed by atoms with Crippen molar-refractivity contribution in [1.82, 2.24) is 0 Å². The van der Waals surface area contributed by atoms with Crippen LogP contribution in [-0.2, 0) is 6.42 Å². The molecule has 0 bridgehead atoms. The van der Waals surface area contributed by atoms with Gasteiger partial charge in [-0.05, 0) is 13.0 Å². The molecule has 0 saturated heterocycles. The molecule has 14 heavy (non-hydrogen) atoms. The second-order valence-electron chi connectivity index (χ2n) is 2.92. The van der Waals surface area contributed by atoms with Crippen LogP contribution in [0, 0.1) is 18.3 Å². The second kappa shape index (κ2) is 4.52. The summed E-state index contributed by atoms with van der Waals surface area (Å²) in [6.45, 7) is 1.92. The Kier molecular flexibility index (Phi) is 3.35. The number of rotatable bonds is 3. The minimum absolute atomic E-state index is 0.355. The van der Waals surface area contributed by atoms with Gasteiger partial charge in [0.25, 0.3) is 0 Å². The van der Waals surface area contributed by atoms with Gasteiger partial charge in [-0.3, -0.25) is 0 Å². The van der Waals surface area contributed by atoms with Gasteiger partial charge in [0.05, 0.1) is 26.7 Å². The van der Waals surface area contributed by atoms with Crippen LogP contribution in [-0.4, -0.2) is 14.2 Å². The van der Waals surface area contributed by atoms with E-state index in [2.05, 4.69) is 6.07 Å². The minimum atomic E-state index is 0.355. The number of benzene rings is 1. The number of nitrogens with zero attached hydrogens (tertiary/aromatic N) is 1. The standard InChI is InChI=1S/C11H13NO2/c1-8-10(13-2)5-4-9(6-7-12)11(8)14-3/h4-5H,6H2,1-3H3. The van der Waals surface area contributed by atoms with E-state index in [1.54, 1.807) is 14.2 Å². The zero-order valence-electron chi connectivity index (χ0n) is 8.63. The van der Waals surface area contributed by atoms with E-state index < -0.39 is 0 Å². The summed E-state index contributed by atoms with van der Waals surface area (Å²) in [5.41, 5.74) is 1.83. The fraction of sp³-hybridized carbons (Fsp3) is 0.364. The van der Waals surface area contributed by atoms with Crippen LogP contribution in [0.3, 0.4) is 0 Å². The monoisotopic (exact) mass is 191 g/mol. The van der Waals surface area contributed by atoms with Crippen molar-refractivity contribution in [3.05, 3.63) is 23.3 Å². The molecule has 1 rings (SSSR count). The SMILES string of the molecule is COc1ccc(CC#N)c(OC)c1C. The van der Waals surface area contributed by atoms with Crippen LogP contribution in [0.4, 0.5) is 0 Å². The van der Waals surface area contributed by atoms with Gasteiger partial charge in [0, 0.05) is 11.1 Å². The Hall–Kier alpha value is -1.69. The molecular formula is C11H13NO2. The highest BCUT2D eigenvalue weighted by Crippen LogP contribution is 2.31. The van der Waals surface area contributed by atoms with E-state index in [9.17, 15) is 0 Å². The summed E-state index contributed by atoms with van der Waals surface area (Å²) in [6, 6.07) is 5.81. The van der Waals surface area contributed by atoms with Crippen LogP contribution in [0.15, 0.2) is 12.1 Å². The van der Waals surface area contributed by atoms with E-state index in [0.717, 1.165) is 22.6 Å². The third-order valence-corrected chi connectivity index (χ3v) is 2.13. The average molecular weight is 191 g/mol. The number of hydrogen-bond donors (Lipinski definition) is 0. The van der Waals surface area contributed by atoms with E-state index >= 15 is 0 Å².